The van der Waals surface area contributed by atoms with Gasteiger partial charge in [0, 0.05) is 37.8 Å². The third-order valence-corrected chi connectivity index (χ3v) is 4.87. The molecule has 3 atom stereocenters. The van der Waals surface area contributed by atoms with Crippen LogP contribution in [-0.4, -0.2) is 42.8 Å². The van der Waals surface area contributed by atoms with Crippen molar-refractivity contribution >= 4 is 0 Å². The van der Waals surface area contributed by atoms with E-state index in [1.54, 1.807) is 0 Å². The molecule has 1 aromatic rings. The lowest BCUT2D eigenvalue weighted by Gasteiger charge is -2.40. The lowest BCUT2D eigenvalue weighted by molar-refractivity contribution is 0.0556. The zero-order valence-corrected chi connectivity index (χ0v) is 13.1. The normalized spacial score (nSPS) is 31.2. The highest BCUT2D eigenvalue weighted by Crippen LogP contribution is 2.21. The van der Waals surface area contributed by atoms with Crippen LogP contribution in [0.15, 0.2) is 30.3 Å². The topological polar surface area (TPSA) is 24.5 Å². The molecule has 2 heterocycles. The fourth-order valence-electron chi connectivity index (χ4n) is 3.63. The molecular formula is C18H28N2O. The molecule has 0 amide bonds. The van der Waals surface area contributed by atoms with Gasteiger partial charge in [-0.3, -0.25) is 4.90 Å². The molecule has 3 rings (SSSR count). The Morgan fingerprint density at radius 2 is 2.05 bits per heavy atom. The minimum absolute atomic E-state index is 0.580. The SMILES string of the molecule is CC1CC(NC2CCCOC2)CCN1Cc1ccccc1. The van der Waals surface area contributed by atoms with E-state index in [0.29, 0.717) is 18.1 Å². The van der Waals surface area contributed by atoms with Crippen molar-refractivity contribution in [3.63, 3.8) is 0 Å². The second-order valence-corrected chi connectivity index (χ2v) is 6.61. The molecule has 0 aromatic heterocycles. The van der Waals surface area contributed by atoms with Crippen LogP contribution < -0.4 is 5.32 Å². The highest BCUT2D eigenvalue weighted by molar-refractivity contribution is 5.14. The molecule has 0 radical (unpaired) electrons. The van der Waals surface area contributed by atoms with Gasteiger partial charge < -0.3 is 10.1 Å². The van der Waals surface area contributed by atoms with Crippen molar-refractivity contribution < 1.29 is 4.74 Å². The third-order valence-electron chi connectivity index (χ3n) is 4.87. The van der Waals surface area contributed by atoms with E-state index in [9.17, 15) is 0 Å². The second kappa shape index (κ2) is 7.39. The van der Waals surface area contributed by atoms with E-state index in [1.165, 1.54) is 37.8 Å². The summed E-state index contributed by atoms with van der Waals surface area (Å²) in [6, 6.07) is 12.7. The van der Waals surface area contributed by atoms with E-state index in [0.717, 1.165) is 19.8 Å². The van der Waals surface area contributed by atoms with E-state index in [4.69, 9.17) is 4.74 Å². The van der Waals surface area contributed by atoms with E-state index in [-0.39, 0.29) is 0 Å². The fourth-order valence-corrected chi connectivity index (χ4v) is 3.63. The number of ether oxygens (including phenoxy) is 1. The number of likely N-dealkylation sites (tertiary alicyclic amines) is 1. The zero-order valence-electron chi connectivity index (χ0n) is 13.1. The number of hydrogen-bond acceptors (Lipinski definition) is 3. The first kappa shape index (κ1) is 15.0. The number of nitrogens with one attached hydrogen (secondary N) is 1. The predicted molar refractivity (Wildman–Crippen MR) is 86.3 cm³/mol. The summed E-state index contributed by atoms with van der Waals surface area (Å²) in [5.74, 6) is 0. The smallest absolute Gasteiger partial charge is 0.0619 e. The Balaban J connectivity index is 1.47. The average Bonchev–Trinajstić information content (AvgIpc) is 2.52. The Bertz CT molecular complexity index is 416. The molecule has 0 bridgehead atoms. The van der Waals surface area contributed by atoms with Crippen LogP contribution in [0.3, 0.4) is 0 Å². The maximum Gasteiger partial charge on any atom is 0.0619 e. The Labute approximate surface area is 128 Å². The van der Waals surface area contributed by atoms with Gasteiger partial charge >= 0.3 is 0 Å². The summed E-state index contributed by atoms with van der Waals surface area (Å²) in [6.07, 6.45) is 5.00. The van der Waals surface area contributed by atoms with Crippen LogP contribution in [0.1, 0.15) is 38.2 Å². The maximum absolute atomic E-state index is 5.58. The van der Waals surface area contributed by atoms with Crippen LogP contribution in [0.2, 0.25) is 0 Å². The monoisotopic (exact) mass is 288 g/mol. The first-order valence-corrected chi connectivity index (χ1v) is 8.43. The quantitative estimate of drug-likeness (QED) is 0.922. The Hall–Kier alpha value is -0.900. The lowest BCUT2D eigenvalue weighted by atomic mass is 9.96. The highest BCUT2D eigenvalue weighted by Gasteiger charge is 2.27. The van der Waals surface area contributed by atoms with Gasteiger partial charge in [-0.25, -0.2) is 0 Å². The maximum atomic E-state index is 5.58. The molecule has 2 fully saturated rings. The number of rotatable bonds is 4. The minimum Gasteiger partial charge on any atom is -0.380 e. The molecule has 3 nitrogen and oxygen atoms in total. The van der Waals surface area contributed by atoms with Crippen molar-refractivity contribution in [1.29, 1.82) is 0 Å². The lowest BCUT2D eigenvalue weighted by Crippen LogP contribution is -2.51. The van der Waals surface area contributed by atoms with Gasteiger partial charge in [0.25, 0.3) is 0 Å². The van der Waals surface area contributed by atoms with Crippen LogP contribution in [0.25, 0.3) is 0 Å². The summed E-state index contributed by atoms with van der Waals surface area (Å²) in [4.78, 5) is 2.62. The molecule has 3 unspecified atom stereocenters. The fraction of sp³-hybridized carbons (Fsp3) is 0.667. The molecule has 1 N–H and O–H groups in total. The van der Waals surface area contributed by atoms with Gasteiger partial charge in [-0.15, -0.1) is 0 Å². The summed E-state index contributed by atoms with van der Waals surface area (Å²) in [6.45, 7) is 6.50. The molecule has 3 heteroatoms. The van der Waals surface area contributed by atoms with Crippen LogP contribution in [0.4, 0.5) is 0 Å². The number of hydrogen-bond donors (Lipinski definition) is 1. The van der Waals surface area contributed by atoms with Crippen molar-refractivity contribution in [2.75, 3.05) is 19.8 Å². The Kier molecular flexibility index (Phi) is 5.28. The Morgan fingerprint density at radius 3 is 2.76 bits per heavy atom. The first-order chi connectivity index (χ1) is 10.3. The second-order valence-electron chi connectivity index (χ2n) is 6.61. The van der Waals surface area contributed by atoms with Crippen molar-refractivity contribution in [1.82, 2.24) is 10.2 Å². The number of piperidine rings is 1. The van der Waals surface area contributed by atoms with Crippen LogP contribution >= 0.6 is 0 Å². The van der Waals surface area contributed by atoms with E-state index >= 15 is 0 Å². The molecule has 116 valence electrons. The Morgan fingerprint density at radius 1 is 1.19 bits per heavy atom. The zero-order chi connectivity index (χ0) is 14.5. The minimum atomic E-state index is 0.580. The first-order valence-electron chi connectivity index (χ1n) is 8.43. The summed E-state index contributed by atoms with van der Waals surface area (Å²) in [5, 5.41) is 3.82. The van der Waals surface area contributed by atoms with Gasteiger partial charge in [0.05, 0.1) is 6.61 Å². The molecule has 0 spiro atoms. The molecule has 0 saturated carbocycles. The van der Waals surface area contributed by atoms with Crippen molar-refractivity contribution in [2.45, 2.75) is 57.3 Å². The third kappa shape index (κ3) is 4.29. The van der Waals surface area contributed by atoms with Crippen LogP contribution in [0.5, 0.6) is 0 Å². The van der Waals surface area contributed by atoms with Crippen molar-refractivity contribution in [3.05, 3.63) is 35.9 Å². The standard InChI is InChI=1S/C18H28N2O/c1-15-12-17(19-18-8-5-11-21-14-18)9-10-20(15)13-16-6-3-2-4-7-16/h2-4,6-7,15,17-19H,5,8-14H2,1H3. The predicted octanol–water partition coefficient (Wildman–Crippen LogP) is 2.81. The molecule has 2 saturated heterocycles. The van der Waals surface area contributed by atoms with E-state index < -0.39 is 0 Å². The van der Waals surface area contributed by atoms with Gasteiger partial charge in [0.15, 0.2) is 0 Å². The average molecular weight is 288 g/mol. The van der Waals surface area contributed by atoms with Crippen LogP contribution in [-0.2, 0) is 11.3 Å². The summed E-state index contributed by atoms with van der Waals surface area (Å²) >= 11 is 0. The van der Waals surface area contributed by atoms with Crippen molar-refractivity contribution in [3.8, 4) is 0 Å². The van der Waals surface area contributed by atoms with Gasteiger partial charge in [-0.2, -0.15) is 0 Å². The van der Waals surface area contributed by atoms with Gasteiger partial charge in [0.1, 0.15) is 0 Å². The summed E-state index contributed by atoms with van der Waals surface area (Å²) in [7, 11) is 0. The van der Waals surface area contributed by atoms with Gasteiger partial charge in [0.2, 0.25) is 0 Å². The van der Waals surface area contributed by atoms with Gasteiger partial charge in [-0.1, -0.05) is 30.3 Å². The van der Waals surface area contributed by atoms with Crippen molar-refractivity contribution in [2.24, 2.45) is 0 Å². The summed E-state index contributed by atoms with van der Waals surface area (Å²) < 4.78 is 5.58. The molecule has 1 aromatic carbocycles. The number of nitrogens with zero attached hydrogens (tertiary/aromatic N) is 1. The summed E-state index contributed by atoms with van der Waals surface area (Å²) in [5.41, 5.74) is 1.43. The molecular weight excluding hydrogens is 260 g/mol. The molecule has 0 aliphatic carbocycles. The number of benzene rings is 1. The molecule has 2 aliphatic heterocycles. The largest absolute Gasteiger partial charge is 0.380 e. The highest BCUT2D eigenvalue weighted by atomic mass is 16.5. The molecule has 21 heavy (non-hydrogen) atoms. The van der Waals surface area contributed by atoms with Gasteiger partial charge in [-0.05, 0) is 38.2 Å². The van der Waals surface area contributed by atoms with Crippen LogP contribution in [0, 0.1) is 0 Å². The van der Waals surface area contributed by atoms with E-state index in [1.807, 2.05) is 0 Å². The van der Waals surface area contributed by atoms with E-state index in [2.05, 4.69) is 47.5 Å². The molecule has 2 aliphatic rings.